The second kappa shape index (κ2) is 19.6. The Morgan fingerprint density at radius 2 is 1.17 bits per heavy atom. The van der Waals surface area contributed by atoms with Crippen LogP contribution in [0, 0.1) is 23.2 Å². The predicted octanol–water partition coefficient (Wildman–Crippen LogP) is 7.68. The second-order valence-corrected chi connectivity index (χ2v) is 20.0. The fourth-order valence-corrected chi connectivity index (χ4v) is 9.06. The Labute approximate surface area is 378 Å². The van der Waals surface area contributed by atoms with E-state index in [0.29, 0.717) is 45.3 Å². The lowest BCUT2D eigenvalue weighted by Crippen LogP contribution is -2.30. The molecule has 6 rings (SSSR count). The van der Waals surface area contributed by atoms with E-state index in [2.05, 4.69) is 23.2 Å². The average Bonchev–Trinajstić information content (AvgIpc) is 3.65. The third kappa shape index (κ3) is 11.5. The molecule has 0 amide bonds. The maximum absolute atomic E-state index is 12.6. The van der Waals surface area contributed by atoms with Gasteiger partial charge in [0.2, 0.25) is 0 Å². The van der Waals surface area contributed by atoms with Crippen molar-refractivity contribution in [1.82, 2.24) is 10.0 Å². The molecule has 0 radical (unpaired) electrons. The van der Waals surface area contributed by atoms with Gasteiger partial charge in [-0.25, -0.2) is 10.0 Å². The molecule has 0 fully saturated rings. The molecule has 0 N–H and O–H groups in total. The van der Waals surface area contributed by atoms with Gasteiger partial charge in [-0.1, -0.05) is 63.0 Å². The Kier molecular flexibility index (Phi) is 15.1. The van der Waals surface area contributed by atoms with Gasteiger partial charge >= 0.3 is 15.6 Å². The van der Waals surface area contributed by atoms with Gasteiger partial charge in [0.05, 0.1) is 48.3 Å². The number of nitrogens with zero attached hydrogens (tertiary/aromatic N) is 7. The highest BCUT2D eigenvalue weighted by molar-refractivity contribution is 7.91. The lowest BCUT2D eigenvalue weighted by Gasteiger charge is -2.21. The number of halogens is 5. The number of hydrogen-bond acceptors (Lipinski definition) is 14. The number of hydrazone groups is 2. The second-order valence-electron chi connectivity index (χ2n) is 14.5. The number of amidine groups is 2. The number of benzene rings is 4. The van der Waals surface area contributed by atoms with Crippen LogP contribution >= 0.6 is 23.2 Å². The highest BCUT2D eigenvalue weighted by atomic mass is 35.5. The third-order valence-electron chi connectivity index (χ3n) is 8.61. The monoisotopic (exact) mass is 983 g/mol. The molecule has 2 aliphatic heterocycles. The van der Waals surface area contributed by atoms with Gasteiger partial charge in [0.25, 0.3) is 20.0 Å². The first-order chi connectivity index (χ1) is 29.9. The zero-order valence-corrected chi connectivity index (χ0v) is 38.5. The first kappa shape index (κ1) is 49.3. The van der Waals surface area contributed by atoms with Crippen LogP contribution in [0.4, 0.5) is 13.2 Å². The van der Waals surface area contributed by atoms with Gasteiger partial charge in [0.1, 0.15) is 27.0 Å². The maximum Gasteiger partial charge on any atom is 0.534 e. The standard InChI is InChI=1S/C20H19ClF3N3O6S2.C20H19ClN4O3S/c1-12(2)11-27(25-10-13-4-7-16(21)17(8-13)32-3)19-15-6-5-14(9-18(15)34(28,29)26-19)33-35(30,31)20(22,23)24;1-13(2)12-25(23-11-15-5-7-17(21)18(8-15)28-3)20-16-6-4-14(10-22)9-19(16)29(26,27)24-20/h4-10,12H,11H2,1-3H3;4-9,11,13H,12H2,1-3H3/b25-10+;23-11+. The molecule has 0 aliphatic carbocycles. The molecule has 0 aromatic heterocycles. The van der Waals surface area contributed by atoms with E-state index in [9.17, 15) is 38.4 Å². The van der Waals surface area contributed by atoms with E-state index in [0.717, 1.165) is 17.7 Å². The van der Waals surface area contributed by atoms with Gasteiger partial charge in [-0.15, -0.1) is 8.80 Å². The summed E-state index contributed by atoms with van der Waals surface area (Å²) in [6.07, 6.45) is 3.03. The number of hydrogen-bond donors (Lipinski definition) is 0. The first-order valence-corrected chi connectivity index (χ1v) is 23.6. The Hall–Kier alpha value is -5.73. The topological polar surface area (TPSA) is 210 Å². The number of nitriles is 1. The van der Waals surface area contributed by atoms with E-state index in [4.69, 9.17) is 37.9 Å². The van der Waals surface area contributed by atoms with Crippen molar-refractivity contribution in [3.8, 4) is 23.3 Å². The van der Waals surface area contributed by atoms with Crippen LogP contribution in [0.15, 0.2) is 102 Å². The molecule has 16 nitrogen and oxygen atoms in total. The number of sulfonamides is 2. The van der Waals surface area contributed by atoms with E-state index >= 15 is 0 Å². The summed E-state index contributed by atoms with van der Waals surface area (Å²) < 4.78 is 133. The van der Waals surface area contributed by atoms with Crippen LogP contribution in [0.2, 0.25) is 10.0 Å². The van der Waals surface area contributed by atoms with Crippen LogP contribution in [0.3, 0.4) is 0 Å². The minimum Gasteiger partial charge on any atom is -0.495 e. The molecule has 0 bridgehead atoms. The average molecular weight is 985 g/mol. The van der Waals surface area contributed by atoms with Crippen LogP contribution in [0.1, 0.15) is 55.5 Å². The molecule has 4 aromatic rings. The maximum atomic E-state index is 12.6. The summed E-state index contributed by atoms with van der Waals surface area (Å²) in [5.74, 6) is 0.431. The summed E-state index contributed by atoms with van der Waals surface area (Å²) in [5, 5.41) is 21.6. The number of fused-ring (bicyclic) bond motifs is 2. The van der Waals surface area contributed by atoms with E-state index in [-0.39, 0.29) is 46.1 Å². The van der Waals surface area contributed by atoms with Crippen LogP contribution in [-0.4, -0.2) is 92.2 Å². The number of ether oxygens (including phenoxy) is 2. The Morgan fingerprint density at radius 1 is 0.734 bits per heavy atom. The summed E-state index contributed by atoms with van der Waals surface area (Å²) in [4.78, 5) is -0.497. The van der Waals surface area contributed by atoms with Gasteiger partial charge in [-0.3, -0.25) is 0 Å². The fourth-order valence-electron chi connectivity index (χ4n) is 5.77. The third-order valence-corrected chi connectivity index (χ3v) is 12.8. The summed E-state index contributed by atoms with van der Waals surface area (Å²) >= 11 is 12.1. The summed E-state index contributed by atoms with van der Waals surface area (Å²) in [6, 6.07) is 19.2. The number of rotatable bonds is 12. The molecule has 340 valence electrons. The highest BCUT2D eigenvalue weighted by Gasteiger charge is 2.49. The molecule has 0 atom stereocenters. The van der Waals surface area contributed by atoms with Crippen molar-refractivity contribution >= 4 is 77.5 Å². The summed E-state index contributed by atoms with van der Waals surface area (Å²) in [7, 11) is -11.3. The molecular formula is C40H38Cl2F3N7O9S3. The van der Waals surface area contributed by atoms with Crippen molar-refractivity contribution in [3.05, 3.63) is 111 Å². The number of alkyl halides is 3. The molecule has 0 saturated heterocycles. The van der Waals surface area contributed by atoms with Crippen molar-refractivity contribution < 1.29 is 52.1 Å². The number of methoxy groups -OCH3 is 2. The van der Waals surface area contributed by atoms with Gasteiger partial charge < -0.3 is 13.7 Å². The molecule has 24 heteroatoms. The SMILES string of the molecule is COc1cc(/C=N/N(CC(C)C)C2=NS(=O)(=O)c3cc(C#N)ccc32)ccc1Cl.COc1cc(/C=N/N(CC(C)C)C2=NS(=O)(=O)c3cc(OS(=O)(=O)C(F)(F)F)ccc32)ccc1Cl. The zero-order chi connectivity index (χ0) is 47.4. The van der Waals surface area contributed by atoms with Crippen molar-refractivity contribution in [1.29, 1.82) is 5.26 Å². The van der Waals surface area contributed by atoms with Gasteiger partial charge in [-0.05, 0) is 77.6 Å². The quantitative estimate of drug-likeness (QED) is 0.0579. The van der Waals surface area contributed by atoms with Crippen LogP contribution in [-0.2, 0) is 30.2 Å². The highest BCUT2D eigenvalue weighted by Crippen LogP contribution is 2.35. The zero-order valence-electron chi connectivity index (χ0n) is 34.6. The summed E-state index contributed by atoms with van der Waals surface area (Å²) in [5.41, 5.74) is -3.65. The fraction of sp³-hybridized carbons (Fsp3) is 0.275. The first-order valence-electron chi connectivity index (χ1n) is 18.6. The van der Waals surface area contributed by atoms with Crippen LogP contribution in [0.25, 0.3) is 0 Å². The molecule has 4 aromatic carbocycles. The molecule has 2 heterocycles. The van der Waals surface area contributed by atoms with E-state index in [1.54, 1.807) is 59.8 Å². The molecule has 0 saturated carbocycles. The minimum absolute atomic E-state index is 0.000827. The predicted molar refractivity (Wildman–Crippen MR) is 235 cm³/mol. The molecule has 2 aliphatic rings. The molecule has 0 spiro atoms. The van der Waals surface area contributed by atoms with Crippen LogP contribution < -0.4 is 13.7 Å². The van der Waals surface area contributed by atoms with Crippen molar-refractivity contribution in [3.63, 3.8) is 0 Å². The largest absolute Gasteiger partial charge is 0.534 e. The Morgan fingerprint density at radius 3 is 1.58 bits per heavy atom. The van der Waals surface area contributed by atoms with Crippen molar-refractivity contribution in [2.24, 2.45) is 30.8 Å². The van der Waals surface area contributed by atoms with E-state index in [1.807, 2.05) is 33.8 Å². The van der Waals surface area contributed by atoms with Gasteiger partial charge in [0, 0.05) is 30.3 Å². The lowest BCUT2D eigenvalue weighted by atomic mass is 10.1. The van der Waals surface area contributed by atoms with Crippen LogP contribution in [0.5, 0.6) is 17.2 Å². The Balaban J connectivity index is 0.000000245. The molecule has 0 unspecified atom stereocenters. The van der Waals surface area contributed by atoms with Crippen molar-refractivity contribution in [2.75, 3.05) is 27.3 Å². The van der Waals surface area contributed by atoms with Gasteiger partial charge in [-0.2, -0.15) is 53.9 Å². The lowest BCUT2D eigenvalue weighted by molar-refractivity contribution is -0.0500. The van der Waals surface area contributed by atoms with E-state index < -0.39 is 46.3 Å². The summed E-state index contributed by atoms with van der Waals surface area (Å²) in [6.45, 7) is 8.40. The van der Waals surface area contributed by atoms with E-state index in [1.165, 1.54) is 31.5 Å². The minimum atomic E-state index is -5.99. The Bertz CT molecular complexity index is 2960. The molecular weight excluding hydrogens is 947 g/mol. The van der Waals surface area contributed by atoms with Crippen molar-refractivity contribution in [2.45, 2.75) is 43.0 Å². The smallest absolute Gasteiger partial charge is 0.495 e. The normalized spacial score (nSPS) is 14.9. The molecule has 64 heavy (non-hydrogen) atoms. The van der Waals surface area contributed by atoms with Gasteiger partial charge in [0.15, 0.2) is 11.7 Å².